The molecule has 30 heavy (non-hydrogen) atoms. The molecular weight excluding hydrogens is 378 g/mol. The van der Waals surface area contributed by atoms with E-state index in [9.17, 15) is 4.39 Å². The Morgan fingerprint density at radius 3 is 2.53 bits per heavy atom. The maximum atomic E-state index is 15.3. The van der Waals surface area contributed by atoms with E-state index in [1.54, 1.807) is 6.07 Å². The number of aliphatic imine (C=N–C) groups is 1. The second kappa shape index (κ2) is 8.05. The molecule has 2 nitrogen and oxygen atoms in total. The second-order valence-electron chi connectivity index (χ2n) is 8.83. The van der Waals surface area contributed by atoms with Crippen LogP contribution in [0.1, 0.15) is 82.2 Å². The van der Waals surface area contributed by atoms with E-state index in [0.717, 1.165) is 72.2 Å². The number of rotatable bonds is 6. The maximum Gasteiger partial charge on any atom is 0.149 e. The summed E-state index contributed by atoms with van der Waals surface area (Å²) >= 11 is 0. The van der Waals surface area contributed by atoms with Crippen molar-refractivity contribution in [3.8, 4) is 0 Å². The lowest BCUT2D eigenvalue weighted by Gasteiger charge is -2.36. The van der Waals surface area contributed by atoms with Gasteiger partial charge in [-0.05, 0) is 80.3 Å². The van der Waals surface area contributed by atoms with Gasteiger partial charge in [-0.1, -0.05) is 32.8 Å². The molecule has 4 rings (SSSR count). The van der Waals surface area contributed by atoms with Crippen molar-refractivity contribution in [2.24, 2.45) is 10.9 Å². The molecule has 2 aliphatic rings. The van der Waals surface area contributed by atoms with Gasteiger partial charge in [0.2, 0.25) is 0 Å². The largest absolute Gasteiger partial charge is 0.258 e. The van der Waals surface area contributed by atoms with Gasteiger partial charge in [0.05, 0.1) is 6.20 Å². The normalized spacial score (nSPS) is 20.1. The van der Waals surface area contributed by atoms with Crippen molar-refractivity contribution in [1.29, 1.82) is 0 Å². The number of hydrogen-bond donors (Lipinski definition) is 0. The summed E-state index contributed by atoms with van der Waals surface area (Å²) in [7, 11) is 0. The van der Waals surface area contributed by atoms with Crippen LogP contribution in [0.3, 0.4) is 0 Å². The van der Waals surface area contributed by atoms with Crippen LogP contribution in [0.4, 0.5) is 14.5 Å². The van der Waals surface area contributed by atoms with Crippen molar-refractivity contribution in [2.75, 3.05) is 0 Å². The minimum atomic E-state index is -0.363. The highest BCUT2D eigenvalue weighted by Crippen LogP contribution is 2.50. The molecule has 0 saturated heterocycles. The van der Waals surface area contributed by atoms with E-state index in [4.69, 9.17) is 0 Å². The molecule has 2 heterocycles. The smallest absolute Gasteiger partial charge is 0.149 e. The van der Waals surface area contributed by atoms with Gasteiger partial charge in [-0.25, -0.2) is 8.78 Å². The molecule has 1 aliphatic heterocycles. The third-order valence-corrected chi connectivity index (χ3v) is 7.01. The molecule has 158 valence electrons. The highest BCUT2D eigenvalue weighted by molar-refractivity contribution is 6.01. The highest BCUT2D eigenvalue weighted by Gasteiger charge is 2.44. The Hall–Kier alpha value is -2.36. The summed E-state index contributed by atoms with van der Waals surface area (Å²) in [5, 5.41) is 0. The van der Waals surface area contributed by atoms with Gasteiger partial charge in [0.1, 0.15) is 17.3 Å². The Labute approximate surface area is 178 Å². The summed E-state index contributed by atoms with van der Waals surface area (Å²) in [5.41, 5.74) is 5.48. The third kappa shape index (κ3) is 3.30. The Morgan fingerprint density at radius 2 is 1.83 bits per heavy atom. The molecular formula is C26H30F2N2. The van der Waals surface area contributed by atoms with Gasteiger partial charge in [-0.2, -0.15) is 0 Å². The van der Waals surface area contributed by atoms with Crippen molar-refractivity contribution in [3.63, 3.8) is 0 Å². The van der Waals surface area contributed by atoms with Gasteiger partial charge in [0, 0.05) is 22.4 Å². The summed E-state index contributed by atoms with van der Waals surface area (Å²) in [5.74, 6) is -0.244. The van der Waals surface area contributed by atoms with E-state index in [2.05, 4.69) is 42.9 Å². The van der Waals surface area contributed by atoms with Gasteiger partial charge in [-0.3, -0.25) is 9.98 Å². The zero-order chi connectivity index (χ0) is 21.5. The molecule has 0 bridgehead atoms. The Morgan fingerprint density at radius 1 is 1.10 bits per heavy atom. The molecule has 0 fully saturated rings. The zero-order valence-corrected chi connectivity index (χ0v) is 18.4. The molecule has 1 unspecified atom stereocenters. The van der Waals surface area contributed by atoms with Crippen LogP contribution in [-0.2, 0) is 11.8 Å². The van der Waals surface area contributed by atoms with Crippen LogP contribution in [0.2, 0.25) is 0 Å². The Bertz CT molecular complexity index is 1030. The predicted molar refractivity (Wildman–Crippen MR) is 119 cm³/mol. The lowest BCUT2D eigenvalue weighted by molar-refractivity contribution is 0.330. The van der Waals surface area contributed by atoms with Crippen molar-refractivity contribution in [3.05, 3.63) is 64.5 Å². The minimum absolute atomic E-state index is 0.281. The zero-order valence-electron chi connectivity index (χ0n) is 18.4. The van der Waals surface area contributed by atoms with E-state index in [1.165, 1.54) is 12.3 Å². The van der Waals surface area contributed by atoms with Gasteiger partial charge in [0.15, 0.2) is 0 Å². The number of allylic oxidation sites excluding steroid dienone is 1. The number of halogens is 2. The monoisotopic (exact) mass is 408 g/mol. The van der Waals surface area contributed by atoms with E-state index in [1.807, 2.05) is 6.92 Å². The number of aryl methyl sites for hydroxylation is 1. The molecule has 4 heteroatoms. The molecule has 2 aromatic rings. The van der Waals surface area contributed by atoms with Crippen molar-refractivity contribution in [1.82, 2.24) is 4.98 Å². The topological polar surface area (TPSA) is 25.2 Å². The predicted octanol–water partition coefficient (Wildman–Crippen LogP) is 7.32. The molecule has 1 atom stereocenters. The van der Waals surface area contributed by atoms with Crippen LogP contribution >= 0.6 is 0 Å². The summed E-state index contributed by atoms with van der Waals surface area (Å²) < 4.78 is 29.2. The molecule has 1 aromatic carbocycles. The highest BCUT2D eigenvalue weighted by atomic mass is 19.1. The van der Waals surface area contributed by atoms with Crippen molar-refractivity contribution < 1.29 is 8.78 Å². The minimum Gasteiger partial charge on any atom is -0.258 e. The van der Waals surface area contributed by atoms with Crippen LogP contribution < -0.4 is 0 Å². The molecule has 0 N–H and O–H groups in total. The number of hydrogen-bond acceptors (Lipinski definition) is 2. The molecule has 1 aromatic heterocycles. The van der Waals surface area contributed by atoms with E-state index in [-0.39, 0.29) is 17.0 Å². The van der Waals surface area contributed by atoms with Crippen molar-refractivity contribution in [2.45, 2.75) is 71.6 Å². The Balaban J connectivity index is 1.86. The van der Waals surface area contributed by atoms with Crippen LogP contribution in [0.25, 0.3) is 5.57 Å². The quantitative estimate of drug-likeness (QED) is 0.492. The summed E-state index contributed by atoms with van der Waals surface area (Å²) in [6.45, 7) is 8.67. The average Bonchev–Trinajstić information content (AvgIpc) is 2.99. The number of pyridine rings is 1. The van der Waals surface area contributed by atoms with Gasteiger partial charge in [-0.15, -0.1) is 0 Å². The number of aromatic nitrogens is 1. The fourth-order valence-corrected chi connectivity index (χ4v) is 5.31. The average molecular weight is 409 g/mol. The van der Waals surface area contributed by atoms with E-state index in [0.29, 0.717) is 11.6 Å². The SMILES string of the molecule is CCCC(CCC)C1(C)C(C)=Nc2c(F)cc(C3=CCCc4ncc(F)cc43)cc21. The first kappa shape index (κ1) is 20.9. The van der Waals surface area contributed by atoms with E-state index >= 15 is 4.39 Å². The number of nitrogens with zero attached hydrogens (tertiary/aromatic N) is 2. The lowest BCUT2D eigenvalue weighted by Crippen LogP contribution is -2.37. The lowest BCUT2D eigenvalue weighted by atomic mass is 9.66. The van der Waals surface area contributed by atoms with Gasteiger partial charge >= 0.3 is 0 Å². The Kier molecular flexibility index (Phi) is 5.61. The molecule has 0 saturated carbocycles. The van der Waals surface area contributed by atoms with Crippen LogP contribution in [0.5, 0.6) is 0 Å². The summed E-state index contributed by atoms with van der Waals surface area (Å²) in [4.78, 5) is 8.96. The molecule has 0 radical (unpaired) electrons. The summed E-state index contributed by atoms with van der Waals surface area (Å²) in [6, 6.07) is 5.18. The number of benzene rings is 1. The second-order valence-corrected chi connectivity index (χ2v) is 8.83. The fourth-order valence-electron chi connectivity index (χ4n) is 5.31. The first-order valence-electron chi connectivity index (χ1n) is 11.1. The first-order chi connectivity index (χ1) is 14.4. The van der Waals surface area contributed by atoms with Crippen LogP contribution in [-0.4, -0.2) is 10.7 Å². The number of fused-ring (bicyclic) bond motifs is 2. The molecule has 0 spiro atoms. The van der Waals surface area contributed by atoms with Crippen LogP contribution in [0.15, 0.2) is 35.5 Å². The standard InChI is InChI=1S/C26H30F2N2/c1-5-8-18(9-6-2)26(4)16(3)30-25-22(26)12-17(13-23(25)28)20-10-7-11-24-21(20)14-19(27)15-29-24/h10,12-15,18H,5-9,11H2,1-4H3. The van der Waals surface area contributed by atoms with Gasteiger partial charge in [0.25, 0.3) is 0 Å². The van der Waals surface area contributed by atoms with Crippen molar-refractivity contribution >= 4 is 17.0 Å². The van der Waals surface area contributed by atoms with Crippen LogP contribution in [0, 0.1) is 17.6 Å². The molecule has 1 aliphatic carbocycles. The first-order valence-corrected chi connectivity index (χ1v) is 11.1. The van der Waals surface area contributed by atoms with E-state index < -0.39 is 0 Å². The third-order valence-electron chi connectivity index (χ3n) is 7.01. The molecule has 0 amide bonds. The summed E-state index contributed by atoms with van der Waals surface area (Å²) in [6.07, 6.45) is 9.30. The maximum absolute atomic E-state index is 15.3. The van der Waals surface area contributed by atoms with Gasteiger partial charge < -0.3 is 0 Å². The fraction of sp³-hybridized carbons (Fsp3) is 0.462.